The molecule has 0 aliphatic heterocycles. The van der Waals surface area contributed by atoms with Gasteiger partial charge in [-0.25, -0.2) is 5.43 Å². The number of nitrogens with zero attached hydrogens (tertiary/aromatic N) is 2. The van der Waals surface area contributed by atoms with Crippen LogP contribution in [0.4, 0.5) is 0 Å². The first-order valence-corrected chi connectivity index (χ1v) is 5.56. The minimum Gasteiger partial charge on any atom is -0.267 e. The molecule has 0 unspecified atom stereocenters. The van der Waals surface area contributed by atoms with Crippen molar-refractivity contribution < 1.29 is 4.79 Å². The minimum absolute atomic E-state index is 0.242. The molecule has 0 aromatic carbocycles. The van der Waals surface area contributed by atoms with Gasteiger partial charge in [0.05, 0.1) is 6.21 Å². The van der Waals surface area contributed by atoms with Gasteiger partial charge in [0.1, 0.15) is 0 Å². The number of rotatable bonds is 3. The molecule has 0 radical (unpaired) electrons. The molecule has 1 amide bonds. The van der Waals surface area contributed by atoms with Gasteiger partial charge in [-0.1, -0.05) is 0 Å². The van der Waals surface area contributed by atoms with Crippen LogP contribution in [0.5, 0.6) is 0 Å². The highest BCUT2D eigenvalue weighted by Gasteiger charge is 2.01. The summed E-state index contributed by atoms with van der Waals surface area (Å²) < 4.78 is 0. The Labute approximate surface area is 96.7 Å². The van der Waals surface area contributed by atoms with Gasteiger partial charge < -0.3 is 0 Å². The van der Waals surface area contributed by atoms with Crippen molar-refractivity contribution in [3.05, 3.63) is 52.5 Å². The molecule has 1 N–H and O–H groups in total. The second-order valence-electron chi connectivity index (χ2n) is 2.99. The van der Waals surface area contributed by atoms with E-state index in [0.29, 0.717) is 5.56 Å². The van der Waals surface area contributed by atoms with E-state index in [1.165, 1.54) is 0 Å². The van der Waals surface area contributed by atoms with E-state index in [1.54, 1.807) is 42.1 Å². The lowest BCUT2D eigenvalue weighted by molar-refractivity contribution is 0.0955. The fourth-order valence-electron chi connectivity index (χ4n) is 1.08. The fourth-order valence-corrected chi connectivity index (χ4v) is 1.69. The Morgan fingerprint density at radius 2 is 2.19 bits per heavy atom. The number of hydrazone groups is 1. The van der Waals surface area contributed by atoms with E-state index in [9.17, 15) is 4.79 Å². The molecule has 0 saturated heterocycles. The van der Waals surface area contributed by atoms with E-state index in [1.807, 2.05) is 16.8 Å². The highest BCUT2D eigenvalue weighted by atomic mass is 32.1. The zero-order valence-electron chi connectivity index (χ0n) is 8.33. The van der Waals surface area contributed by atoms with E-state index in [-0.39, 0.29) is 5.91 Å². The van der Waals surface area contributed by atoms with Crippen molar-refractivity contribution >= 4 is 23.5 Å². The van der Waals surface area contributed by atoms with Crippen LogP contribution in [0.1, 0.15) is 15.9 Å². The Kier molecular flexibility index (Phi) is 3.40. The Bertz CT molecular complexity index is 479. The Morgan fingerprint density at radius 1 is 1.38 bits per heavy atom. The SMILES string of the molecule is O=C(N/N=C/c1ccsc1)c1ccncc1. The summed E-state index contributed by atoms with van der Waals surface area (Å²) in [6, 6.07) is 5.19. The van der Waals surface area contributed by atoms with Crippen LogP contribution in [0.3, 0.4) is 0 Å². The second-order valence-corrected chi connectivity index (χ2v) is 3.77. The van der Waals surface area contributed by atoms with Crippen LogP contribution >= 0.6 is 11.3 Å². The van der Waals surface area contributed by atoms with Gasteiger partial charge >= 0.3 is 0 Å². The van der Waals surface area contributed by atoms with E-state index in [2.05, 4.69) is 15.5 Å². The molecule has 0 spiro atoms. The second kappa shape index (κ2) is 5.18. The van der Waals surface area contributed by atoms with Crippen molar-refractivity contribution in [3.63, 3.8) is 0 Å². The summed E-state index contributed by atoms with van der Waals surface area (Å²) >= 11 is 1.58. The number of carbonyl (C=O) groups is 1. The summed E-state index contributed by atoms with van der Waals surface area (Å²) in [6.07, 6.45) is 4.74. The van der Waals surface area contributed by atoms with Crippen molar-refractivity contribution in [1.82, 2.24) is 10.4 Å². The zero-order chi connectivity index (χ0) is 11.2. The summed E-state index contributed by atoms with van der Waals surface area (Å²) in [7, 11) is 0. The molecular weight excluding hydrogens is 222 g/mol. The van der Waals surface area contributed by atoms with Gasteiger partial charge in [0.25, 0.3) is 5.91 Å². The van der Waals surface area contributed by atoms with Crippen molar-refractivity contribution in [2.24, 2.45) is 5.10 Å². The predicted molar refractivity (Wildman–Crippen MR) is 63.6 cm³/mol. The fraction of sp³-hybridized carbons (Fsp3) is 0. The lowest BCUT2D eigenvalue weighted by Gasteiger charge is -1.97. The summed E-state index contributed by atoms with van der Waals surface area (Å²) in [6.45, 7) is 0. The van der Waals surface area contributed by atoms with Crippen LogP contribution < -0.4 is 5.43 Å². The maximum Gasteiger partial charge on any atom is 0.271 e. The summed E-state index contributed by atoms with van der Waals surface area (Å²) in [5.41, 5.74) is 3.96. The first kappa shape index (κ1) is 10.5. The van der Waals surface area contributed by atoms with Gasteiger partial charge in [-0.3, -0.25) is 9.78 Å². The molecule has 0 fully saturated rings. The molecule has 2 aromatic rings. The maximum atomic E-state index is 11.5. The van der Waals surface area contributed by atoms with Gasteiger partial charge in [0.2, 0.25) is 0 Å². The van der Waals surface area contributed by atoms with Crippen LogP contribution in [0.25, 0.3) is 0 Å². The van der Waals surface area contributed by atoms with Gasteiger partial charge in [-0.15, -0.1) is 0 Å². The van der Waals surface area contributed by atoms with E-state index >= 15 is 0 Å². The molecule has 2 heterocycles. The largest absolute Gasteiger partial charge is 0.271 e. The number of carbonyl (C=O) groups excluding carboxylic acids is 1. The molecule has 4 nitrogen and oxygen atoms in total. The topological polar surface area (TPSA) is 54.4 Å². The molecular formula is C11H9N3OS. The monoisotopic (exact) mass is 231 g/mol. The lowest BCUT2D eigenvalue weighted by atomic mass is 10.3. The van der Waals surface area contributed by atoms with E-state index < -0.39 is 0 Å². The average Bonchev–Trinajstić information content (AvgIpc) is 2.83. The number of pyridine rings is 1. The van der Waals surface area contributed by atoms with Gasteiger partial charge in [-0.2, -0.15) is 16.4 Å². The summed E-state index contributed by atoms with van der Waals surface area (Å²) in [5.74, 6) is -0.242. The smallest absolute Gasteiger partial charge is 0.267 e. The number of aromatic nitrogens is 1. The molecule has 2 aromatic heterocycles. The van der Waals surface area contributed by atoms with E-state index in [0.717, 1.165) is 5.56 Å². The number of hydrogen-bond acceptors (Lipinski definition) is 4. The molecule has 80 valence electrons. The zero-order valence-corrected chi connectivity index (χ0v) is 9.15. The standard InChI is InChI=1S/C11H9N3OS/c15-11(10-1-4-12-5-2-10)14-13-7-9-3-6-16-8-9/h1-8H,(H,14,15)/b13-7+. The minimum atomic E-state index is -0.242. The molecule has 16 heavy (non-hydrogen) atoms. The predicted octanol–water partition coefficient (Wildman–Crippen LogP) is 1.91. The van der Waals surface area contributed by atoms with Crippen molar-refractivity contribution in [3.8, 4) is 0 Å². The Hall–Kier alpha value is -2.01. The lowest BCUT2D eigenvalue weighted by Crippen LogP contribution is -2.17. The summed E-state index contributed by atoms with van der Waals surface area (Å²) in [4.78, 5) is 15.4. The third-order valence-corrected chi connectivity index (χ3v) is 2.57. The highest BCUT2D eigenvalue weighted by Crippen LogP contribution is 2.02. The van der Waals surface area contributed by atoms with Crippen molar-refractivity contribution in [1.29, 1.82) is 0 Å². The molecule has 0 bridgehead atoms. The maximum absolute atomic E-state index is 11.5. The summed E-state index contributed by atoms with van der Waals surface area (Å²) in [5, 5.41) is 7.75. The average molecular weight is 231 g/mol. The van der Waals surface area contributed by atoms with Crippen LogP contribution in [-0.2, 0) is 0 Å². The third-order valence-electron chi connectivity index (χ3n) is 1.87. The van der Waals surface area contributed by atoms with Gasteiger partial charge in [-0.05, 0) is 29.0 Å². The van der Waals surface area contributed by atoms with Gasteiger partial charge in [0.15, 0.2) is 0 Å². The number of hydrogen-bond donors (Lipinski definition) is 1. The quantitative estimate of drug-likeness (QED) is 0.648. The Balaban J connectivity index is 1.94. The molecule has 0 atom stereocenters. The van der Waals surface area contributed by atoms with Crippen LogP contribution in [0.2, 0.25) is 0 Å². The first-order valence-electron chi connectivity index (χ1n) is 4.62. The van der Waals surface area contributed by atoms with Crippen LogP contribution in [-0.4, -0.2) is 17.1 Å². The number of nitrogens with one attached hydrogen (secondary N) is 1. The number of amides is 1. The Morgan fingerprint density at radius 3 is 2.88 bits per heavy atom. The molecule has 2 rings (SSSR count). The molecule has 0 saturated carbocycles. The molecule has 5 heteroatoms. The highest BCUT2D eigenvalue weighted by molar-refractivity contribution is 7.08. The van der Waals surface area contributed by atoms with Crippen molar-refractivity contribution in [2.75, 3.05) is 0 Å². The normalized spacial score (nSPS) is 10.5. The molecule has 0 aliphatic carbocycles. The van der Waals surface area contributed by atoms with E-state index in [4.69, 9.17) is 0 Å². The van der Waals surface area contributed by atoms with Crippen LogP contribution in [0.15, 0.2) is 46.5 Å². The molecule has 0 aliphatic rings. The van der Waals surface area contributed by atoms with Crippen LogP contribution in [0, 0.1) is 0 Å². The third kappa shape index (κ3) is 2.74. The first-order chi connectivity index (χ1) is 7.86. The van der Waals surface area contributed by atoms with Gasteiger partial charge in [0, 0.05) is 23.5 Å². The number of thiophene rings is 1. The van der Waals surface area contributed by atoms with Crippen molar-refractivity contribution in [2.45, 2.75) is 0 Å².